The topological polar surface area (TPSA) is 58.2 Å². The van der Waals surface area contributed by atoms with Crippen molar-refractivity contribution in [3.8, 4) is 0 Å². The van der Waals surface area contributed by atoms with Gasteiger partial charge in [0, 0.05) is 24.1 Å². The number of rotatable bonds is 7. The summed E-state index contributed by atoms with van der Waals surface area (Å²) < 4.78 is 0. The van der Waals surface area contributed by atoms with Crippen molar-refractivity contribution in [3.05, 3.63) is 35.4 Å². The number of benzene rings is 1. The summed E-state index contributed by atoms with van der Waals surface area (Å²) in [5.74, 6) is -0.0547. The van der Waals surface area contributed by atoms with Crippen LogP contribution in [0.4, 0.5) is 0 Å². The molecule has 0 saturated heterocycles. The fourth-order valence-electron chi connectivity index (χ4n) is 2.35. The Kier molecular flexibility index (Phi) is 7.65. The largest absolute Gasteiger partial charge is 0.352 e. The molecule has 0 heterocycles. The zero-order valence-corrected chi connectivity index (χ0v) is 16.7. The van der Waals surface area contributed by atoms with E-state index in [1.54, 1.807) is 6.07 Å². The van der Waals surface area contributed by atoms with Crippen LogP contribution in [-0.2, 0) is 11.3 Å². The molecule has 2 N–H and O–H groups in total. The minimum Gasteiger partial charge on any atom is -0.352 e. The van der Waals surface area contributed by atoms with Crippen molar-refractivity contribution in [1.29, 1.82) is 0 Å². The van der Waals surface area contributed by atoms with E-state index in [0.29, 0.717) is 24.1 Å². The van der Waals surface area contributed by atoms with E-state index in [4.69, 9.17) is 0 Å². The summed E-state index contributed by atoms with van der Waals surface area (Å²) in [5, 5.41) is 5.88. The third-order valence-electron chi connectivity index (χ3n) is 3.96. The first-order valence-electron chi connectivity index (χ1n) is 9.14. The maximum absolute atomic E-state index is 12.3. The minimum absolute atomic E-state index is 0.00111. The molecule has 0 radical (unpaired) electrons. The van der Waals surface area contributed by atoms with Gasteiger partial charge in [0.1, 0.15) is 0 Å². The molecule has 0 fully saturated rings. The lowest BCUT2D eigenvalue weighted by Crippen LogP contribution is -2.34. The molecule has 0 spiro atoms. The molecular formula is C21H34N2O2. The van der Waals surface area contributed by atoms with Gasteiger partial charge in [-0.1, -0.05) is 60.1 Å². The average Bonchev–Trinajstić information content (AvgIpc) is 2.50. The molecule has 0 aliphatic carbocycles. The summed E-state index contributed by atoms with van der Waals surface area (Å²) in [5.41, 5.74) is 1.49. The molecule has 1 rings (SSSR count). The van der Waals surface area contributed by atoms with Crippen molar-refractivity contribution in [2.24, 2.45) is 10.8 Å². The highest BCUT2D eigenvalue weighted by molar-refractivity contribution is 5.94. The third kappa shape index (κ3) is 8.71. The van der Waals surface area contributed by atoms with E-state index >= 15 is 0 Å². The van der Waals surface area contributed by atoms with Crippen LogP contribution in [0.2, 0.25) is 0 Å². The lowest BCUT2D eigenvalue weighted by Gasteiger charge is -2.18. The Morgan fingerprint density at radius 3 is 2.24 bits per heavy atom. The monoisotopic (exact) mass is 346 g/mol. The van der Waals surface area contributed by atoms with Crippen LogP contribution in [0.1, 0.15) is 76.7 Å². The molecule has 140 valence electrons. The molecule has 0 aliphatic rings. The normalized spacial score (nSPS) is 11.9. The van der Waals surface area contributed by atoms with Crippen LogP contribution in [0.15, 0.2) is 24.3 Å². The van der Waals surface area contributed by atoms with E-state index in [2.05, 4.69) is 31.4 Å². The summed E-state index contributed by atoms with van der Waals surface area (Å²) in [7, 11) is 0. The van der Waals surface area contributed by atoms with Crippen LogP contribution in [-0.4, -0.2) is 18.4 Å². The third-order valence-corrected chi connectivity index (χ3v) is 3.96. The Hall–Kier alpha value is -1.84. The number of nitrogens with one attached hydrogen (secondary N) is 2. The zero-order valence-electron chi connectivity index (χ0n) is 16.7. The van der Waals surface area contributed by atoms with Crippen molar-refractivity contribution in [1.82, 2.24) is 10.6 Å². The first-order valence-corrected chi connectivity index (χ1v) is 9.14. The van der Waals surface area contributed by atoms with E-state index in [9.17, 15) is 9.59 Å². The second-order valence-corrected chi connectivity index (χ2v) is 8.91. The Bertz CT molecular complexity index is 580. The number of hydrogen-bond acceptors (Lipinski definition) is 2. The Morgan fingerprint density at radius 1 is 0.960 bits per heavy atom. The standard InChI is InChI=1S/C21H34N2O2/c1-20(2,3)12-7-8-13-22-18(24)17-11-9-10-16(14-17)15-23-19(25)21(4,5)6/h9-11,14H,7-8,12-13,15H2,1-6H3,(H,22,24)(H,23,25). The molecule has 0 unspecified atom stereocenters. The lowest BCUT2D eigenvalue weighted by molar-refractivity contribution is -0.128. The average molecular weight is 347 g/mol. The van der Waals surface area contributed by atoms with Gasteiger partial charge in [0.05, 0.1) is 0 Å². The van der Waals surface area contributed by atoms with Crippen molar-refractivity contribution >= 4 is 11.8 Å². The van der Waals surface area contributed by atoms with Gasteiger partial charge in [0.2, 0.25) is 5.91 Å². The second-order valence-electron chi connectivity index (χ2n) is 8.91. The SMILES string of the molecule is CC(C)(C)CCCCNC(=O)c1cccc(CNC(=O)C(C)(C)C)c1. The number of carbonyl (C=O) groups excluding carboxylic acids is 2. The van der Waals surface area contributed by atoms with Gasteiger partial charge in [-0.15, -0.1) is 0 Å². The van der Waals surface area contributed by atoms with Gasteiger partial charge in [-0.2, -0.15) is 0 Å². The minimum atomic E-state index is -0.415. The molecule has 0 aliphatic heterocycles. The number of hydrogen-bond donors (Lipinski definition) is 2. The van der Waals surface area contributed by atoms with Gasteiger partial charge in [0.25, 0.3) is 5.91 Å². The van der Waals surface area contributed by atoms with Crippen molar-refractivity contribution in [2.75, 3.05) is 6.54 Å². The predicted octanol–water partition coefficient (Wildman–Crippen LogP) is 4.30. The van der Waals surface area contributed by atoms with Gasteiger partial charge >= 0.3 is 0 Å². The smallest absolute Gasteiger partial charge is 0.251 e. The van der Waals surface area contributed by atoms with Crippen LogP contribution < -0.4 is 10.6 Å². The van der Waals surface area contributed by atoms with E-state index < -0.39 is 5.41 Å². The summed E-state index contributed by atoms with van der Waals surface area (Å²) in [6.45, 7) is 13.5. The Morgan fingerprint density at radius 2 is 1.64 bits per heavy atom. The van der Waals surface area contributed by atoms with E-state index in [1.807, 2.05) is 39.0 Å². The molecule has 4 nitrogen and oxygen atoms in total. The molecule has 25 heavy (non-hydrogen) atoms. The molecule has 0 saturated carbocycles. The summed E-state index contributed by atoms with van der Waals surface area (Å²) in [4.78, 5) is 24.2. The zero-order chi connectivity index (χ0) is 19.1. The summed E-state index contributed by atoms with van der Waals surface area (Å²) >= 11 is 0. The Balaban J connectivity index is 2.46. The number of carbonyl (C=O) groups is 2. The summed E-state index contributed by atoms with van der Waals surface area (Å²) in [6, 6.07) is 7.42. The molecule has 1 aromatic carbocycles. The van der Waals surface area contributed by atoms with Crippen LogP contribution in [0.5, 0.6) is 0 Å². The number of amides is 2. The summed E-state index contributed by atoms with van der Waals surface area (Å²) in [6.07, 6.45) is 3.26. The predicted molar refractivity (Wildman–Crippen MR) is 103 cm³/mol. The highest BCUT2D eigenvalue weighted by atomic mass is 16.2. The first-order chi connectivity index (χ1) is 11.5. The van der Waals surface area contributed by atoms with Crippen LogP contribution in [0.3, 0.4) is 0 Å². The van der Waals surface area contributed by atoms with E-state index in [1.165, 1.54) is 0 Å². The molecule has 0 bridgehead atoms. The first kappa shape index (κ1) is 21.2. The van der Waals surface area contributed by atoms with Gasteiger partial charge < -0.3 is 10.6 Å². The fourth-order valence-corrected chi connectivity index (χ4v) is 2.35. The lowest BCUT2D eigenvalue weighted by atomic mass is 9.90. The van der Waals surface area contributed by atoms with E-state index in [-0.39, 0.29) is 11.8 Å². The van der Waals surface area contributed by atoms with Crippen molar-refractivity contribution < 1.29 is 9.59 Å². The Labute approximate surface area is 152 Å². The molecular weight excluding hydrogens is 312 g/mol. The van der Waals surface area contributed by atoms with Gasteiger partial charge in [0.15, 0.2) is 0 Å². The maximum atomic E-state index is 12.3. The van der Waals surface area contributed by atoms with Crippen LogP contribution >= 0.6 is 0 Å². The van der Waals surface area contributed by atoms with Crippen molar-refractivity contribution in [2.45, 2.75) is 67.3 Å². The van der Waals surface area contributed by atoms with E-state index in [0.717, 1.165) is 24.8 Å². The fraction of sp³-hybridized carbons (Fsp3) is 0.619. The molecule has 4 heteroatoms. The molecule has 1 aromatic rings. The highest BCUT2D eigenvalue weighted by Crippen LogP contribution is 2.21. The van der Waals surface area contributed by atoms with Crippen LogP contribution in [0, 0.1) is 10.8 Å². The van der Waals surface area contributed by atoms with Gasteiger partial charge in [-0.3, -0.25) is 9.59 Å². The molecule has 0 aromatic heterocycles. The maximum Gasteiger partial charge on any atom is 0.251 e. The molecule has 0 atom stereocenters. The number of unbranched alkanes of at least 4 members (excludes halogenated alkanes) is 1. The molecule has 2 amide bonds. The van der Waals surface area contributed by atoms with Crippen LogP contribution in [0.25, 0.3) is 0 Å². The second kappa shape index (κ2) is 9.02. The van der Waals surface area contributed by atoms with Gasteiger partial charge in [-0.25, -0.2) is 0 Å². The van der Waals surface area contributed by atoms with Crippen molar-refractivity contribution in [3.63, 3.8) is 0 Å². The van der Waals surface area contributed by atoms with Gasteiger partial charge in [-0.05, 0) is 36.0 Å². The highest BCUT2D eigenvalue weighted by Gasteiger charge is 2.20. The quantitative estimate of drug-likeness (QED) is 0.723.